The Morgan fingerprint density at radius 3 is 1.24 bits per heavy atom. The summed E-state index contributed by atoms with van der Waals surface area (Å²) >= 11 is 13.9. The largest absolute Gasteiger partial charge is 0.366 e. The predicted molar refractivity (Wildman–Crippen MR) is 137 cm³/mol. The summed E-state index contributed by atoms with van der Waals surface area (Å²) in [7, 11) is 0. The Balaban J connectivity index is 2.46. The van der Waals surface area contributed by atoms with Crippen LogP contribution < -0.4 is 0 Å². The maximum absolute atomic E-state index is 6.00. The zero-order valence-electron chi connectivity index (χ0n) is 17.9. The maximum Gasteiger partial charge on any atom is 0.0956 e. The van der Waals surface area contributed by atoms with Crippen LogP contribution in [0.2, 0.25) is 0 Å². The molecule has 0 fully saturated rings. The van der Waals surface area contributed by atoms with Crippen LogP contribution in [-0.4, -0.2) is 46.0 Å². The summed E-state index contributed by atoms with van der Waals surface area (Å²) < 4.78 is 0. The van der Waals surface area contributed by atoms with E-state index in [0.717, 1.165) is 36.2 Å². The van der Waals surface area contributed by atoms with Crippen molar-refractivity contribution < 1.29 is 0 Å². The number of likely N-dealkylation sites (N-methyl/N-ethyl adjacent to an activating group) is 2. The van der Waals surface area contributed by atoms with Crippen molar-refractivity contribution in [2.24, 2.45) is 0 Å². The molecular formula is C24H32N2S3. The molecule has 0 N–H and O–H groups in total. The second kappa shape index (κ2) is 12.3. The summed E-state index contributed by atoms with van der Waals surface area (Å²) in [5.41, 5.74) is 2.47. The van der Waals surface area contributed by atoms with Gasteiger partial charge in [0.25, 0.3) is 0 Å². The highest BCUT2D eigenvalue weighted by Gasteiger charge is 2.29. The third kappa shape index (κ3) is 6.27. The smallest absolute Gasteiger partial charge is 0.0956 e. The van der Waals surface area contributed by atoms with Crippen LogP contribution in [0.3, 0.4) is 0 Å². The van der Waals surface area contributed by atoms with Crippen molar-refractivity contribution in [1.29, 1.82) is 0 Å². The van der Waals surface area contributed by atoms with Crippen LogP contribution in [0.1, 0.15) is 49.3 Å². The van der Waals surface area contributed by atoms with Crippen LogP contribution in [-0.2, 0) is 0 Å². The highest BCUT2D eigenvalue weighted by atomic mass is 32.2. The molecule has 5 heteroatoms. The number of rotatable bonds is 10. The molecule has 2 nitrogen and oxygen atoms in total. The molecule has 0 radical (unpaired) electrons. The molecule has 0 amide bonds. The van der Waals surface area contributed by atoms with E-state index < -0.39 is 0 Å². The van der Waals surface area contributed by atoms with Crippen molar-refractivity contribution in [2.45, 2.75) is 38.2 Å². The number of thioether (sulfide) groups is 1. The van der Waals surface area contributed by atoms with Crippen molar-refractivity contribution in [3.63, 3.8) is 0 Å². The van der Waals surface area contributed by atoms with Crippen LogP contribution in [0.5, 0.6) is 0 Å². The lowest BCUT2D eigenvalue weighted by molar-refractivity contribution is 0.464. The van der Waals surface area contributed by atoms with Gasteiger partial charge >= 0.3 is 0 Å². The minimum atomic E-state index is 0.0739. The van der Waals surface area contributed by atoms with Gasteiger partial charge in [0.15, 0.2) is 0 Å². The number of hydrogen-bond donors (Lipinski definition) is 0. The average Bonchev–Trinajstić information content (AvgIpc) is 2.77. The molecule has 156 valence electrons. The number of benzene rings is 2. The van der Waals surface area contributed by atoms with Gasteiger partial charge in [-0.15, -0.1) is 11.8 Å². The first-order valence-corrected chi connectivity index (χ1v) is 12.2. The lowest BCUT2D eigenvalue weighted by Gasteiger charge is -2.33. The minimum absolute atomic E-state index is 0.0739. The second-order valence-electron chi connectivity index (χ2n) is 6.74. The fourth-order valence-electron chi connectivity index (χ4n) is 3.35. The van der Waals surface area contributed by atoms with Crippen LogP contribution in [0, 0.1) is 0 Å². The van der Waals surface area contributed by atoms with Crippen molar-refractivity contribution >= 4 is 46.2 Å². The van der Waals surface area contributed by atoms with Gasteiger partial charge in [0.05, 0.1) is 20.5 Å². The Labute approximate surface area is 191 Å². The van der Waals surface area contributed by atoms with E-state index in [1.54, 1.807) is 0 Å². The number of hydrogen-bond acceptors (Lipinski definition) is 3. The van der Waals surface area contributed by atoms with Crippen LogP contribution in [0.15, 0.2) is 60.7 Å². The summed E-state index contributed by atoms with van der Waals surface area (Å²) in [6, 6.07) is 21.2. The molecule has 2 aromatic rings. The molecule has 29 heavy (non-hydrogen) atoms. The zero-order chi connectivity index (χ0) is 21.2. The highest BCUT2D eigenvalue weighted by Crippen LogP contribution is 2.43. The first-order chi connectivity index (χ1) is 14.1. The van der Waals surface area contributed by atoms with Crippen molar-refractivity contribution in [3.8, 4) is 0 Å². The molecule has 2 aromatic carbocycles. The monoisotopic (exact) mass is 444 g/mol. The van der Waals surface area contributed by atoms with Crippen molar-refractivity contribution in [2.75, 3.05) is 26.2 Å². The minimum Gasteiger partial charge on any atom is -0.366 e. The second-order valence-corrected chi connectivity index (χ2v) is 8.79. The summed E-state index contributed by atoms with van der Waals surface area (Å²) in [5, 5.41) is 0.148. The van der Waals surface area contributed by atoms with Gasteiger partial charge in [-0.3, -0.25) is 0 Å². The molecule has 0 saturated carbocycles. The average molecular weight is 445 g/mol. The van der Waals surface area contributed by atoms with Gasteiger partial charge < -0.3 is 9.80 Å². The van der Waals surface area contributed by atoms with Crippen molar-refractivity contribution in [1.82, 2.24) is 9.80 Å². The Bertz CT molecular complexity index is 691. The van der Waals surface area contributed by atoms with Gasteiger partial charge in [-0.2, -0.15) is 0 Å². The van der Waals surface area contributed by atoms with E-state index in [-0.39, 0.29) is 10.5 Å². The fraction of sp³-hybridized carbons (Fsp3) is 0.417. The molecular weight excluding hydrogens is 412 g/mol. The molecule has 0 heterocycles. The van der Waals surface area contributed by atoms with Crippen molar-refractivity contribution in [3.05, 3.63) is 71.8 Å². The number of thiocarbonyl (C=S) groups is 2. The SMILES string of the molecule is CCN(CC)C(=S)C(SC(C(=S)N(CC)CC)c1ccccc1)c1ccccc1. The van der Waals surface area contributed by atoms with Gasteiger partial charge in [0, 0.05) is 26.2 Å². The van der Waals surface area contributed by atoms with Gasteiger partial charge in [-0.1, -0.05) is 85.1 Å². The summed E-state index contributed by atoms with van der Waals surface area (Å²) in [4.78, 5) is 6.52. The lowest BCUT2D eigenvalue weighted by Crippen LogP contribution is -2.35. The van der Waals surface area contributed by atoms with Crippen LogP contribution in [0.4, 0.5) is 0 Å². The first-order valence-electron chi connectivity index (χ1n) is 10.4. The Kier molecular flexibility index (Phi) is 10.1. The van der Waals surface area contributed by atoms with Gasteiger partial charge in [-0.05, 0) is 38.8 Å². The van der Waals surface area contributed by atoms with E-state index in [4.69, 9.17) is 24.4 Å². The Hall–Kier alpha value is -1.43. The van der Waals surface area contributed by atoms with Gasteiger partial charge in [0.1, 0.15) is 0 Å². The maximum atomic E-state index is 6.00. The van der Waals surface area contributed by atoms with Crippen LogP contribution >= 0.6 is 36.2 Å². The molecule has 0 aromatic heterocycles. The van der Waals surface area contributed by atoms with Crippen LogP contribution in [0.25, 0.3) is 0 Å². The van der Waals surface area contributed by atoms with E-state index in [1.807, 2.05) is 11.8 Å². The zero-order valence-corrected chi connectivity index (χ0v) is 20.3. The molecule has 2 atom stereocenters. The third-order valence-corrected chi connectivity index (χ3v) is 7.90. The molecule has 2 unspecified atom stereocenters. The van der Waals surface area contributed by atoms with E-state index in [1.165, 1.54) is 11.1 Å². The summed E-state index contributed by atoms with van der Waals surface area (Å²) in [5.74, 6) is 0. The molecule has 0 saturated heterocycles. The highest BCUT2D eigenvalue weighted by molar-refractivity contribution is 8.03. The molecule has 0 aliphatic carbocycles. The normalized spacial score (nSPS) is 12.8. The molecule has 0 spiro atoms. The Morgan fingerprint density at radius 2 is 0.966 bits per heavy atom. The topological polar surface area (TPSA) is 6.48 Å². The fourth-order valence-corrected chi connectivity index (χ4v) is 5.91. The number of nitrogens with zero attached hydrogens (tertiary/aromatic N) is 2. The quantitative estimate of drug-likeness (QED) is 0.383. The predicted octanol–water partition coefficient (Wildman–Crippen LogP) is 6.54. The molecule has 2 rings (SSSR count). The molecule has 0 aliphatic heterocycles. The first kappa shape index (κ1) is 23.8. The lowest BCUT2D eigenvalue weighted by atomic mass is 10.1. The Morgan fingerprint density at radius 1 is 0.655 bits per heavy atom. The van der Waals surface area contributed by atoms with E-state index in [2.05, 4.69) is 98.2 Å². The van der Waals surface area contributed by atoms with E-state index in [0.29, 0.717) is 0 Å². The third-order valence-electron chi connectivity index (χ3n) is 5.08. The standard InChI is InChI=1S/C24H32N2S3/c1-5-25(6-2)23(27)21(19-15-11-9-12-16-19)29-22(20-17-13-10-14-18-20)24(28)26(7-3)8-4/h9-18,21-22H,5-8H2,1-4H3. The van der Waals surface area contributed by atoms with Gasteiger partial charge in [0.2, 0.25) is 0 Å². The molecule has 0 aliphatic rings. The van der Waals surface area contributed by atoms with Gasteiger partial charge in [-0.25, -0.2) is 0 Å². The molecule has 0 bridgehead atoms. The summed E-state index contributed by atoms with van der Waals surface area (Å²) in [6.07, 6.45) is 0. The summed E-state index contributed by atoms with van der Waals surface area (Å²) in [6.45, 7) is 12.3. The van der Waals surface area contributed by atoms with E-state index >= 15 is 0 Å². The van der Waals surface area contributed by atoms with E-state index in [9.17, 15) is 0 Å².